The Morgan fingerprint density at radius 3 is 2.59 bits per heavy atom. The molecule has 3 aromatic heterocycles. The van der Waals surface area contributed by atoms with Crippen molar-refractivity contribution in [2.45, 2.75) is 52.1 Å². The number of aromatic amines is 1. The number of urea groups is 1. The molecule has 2 aliphatic heterocycles. The van der Waals surface area contributed by atoms with E-state index in [4.69, 9.17) is 4.74 Å². The number of benzene rings is 1. The predicted molar refractivity (Wildman–Crippen MR) is 168 cm³/mol. The van der Waals surface area contributed by atoms with Gasteiger partial charge in [-0.05, 0) is 54.4 Å². The molecule has 13 heteroatoms. The monoisotopic (exact) mass is 637 g/mol. The highest BCUT2D eigenvalue weighted by molar-refractivity contribution is 5.89. The van der Waals surface area contributed by atoms with Crippen LogP contribution in [-0.2, 0) is 25.9 Å². The first kappa shape index (κ1) is 31.8. The molecular formula is C33H38F3N7O3. The maximum Gasteiger partial charge on any atom is 0.416 e. The minimum atomic E-state index is -4.55. The van der Waals surface area contributed by atoms with E-state index in [1.807, 2.05) is 17.9 Å². The number of nitrogens with one attached hydrogen (secondary N) is 2. The van der Waals surface area contributed by atoms with Gasteiger partial charge < -0.3 is 29.9 Å². The summed E-state index contributed by atoms with van der Waals surface area (Å²) in [6.45, 7) is 8.76. The molecule has 5 heterocycles. The number of hydrogen-bond acceptors (Lipinski definition) is 7. The van der Waals surface area contributed by atoms with Crippen molar-refractivity contribution in [1.82, 2.24) is 29.7 Å². The Morgan fingerprint density at radius 1 is 1.09 bits per heavy atom. The summed E-state index contributed by atoms with van der Waals surface area (Å²) < 4.78 is 48.7. The second-order valence-corrected chi connectivity index (χ2v) is 11.8. The number of fused-ring (bicyclic) bond motifs is 2. The zero-order chi connectivity index (χ0) is 32.4. The van der Waals surface area contributed by atoms with Crippen LogP contribution in [0, 0.1) is 0 Å². The van der Waals surface area contributed by atoms with E-state index in [1.165, 1.54) is 6.07 Å². The molecule has 0 radical (unpaired) electrons. The van der Waals surface area contributed by atoms with Crippen LogP contribution in [0.4, 0.5) is 23.7 Å². The van der Waals surface area contributed by atoms with Crippen LogP contribution < -0.4 is 10.1 Å². The minimum absolute atomic E-state index is 0.0470. The largest absolute Gasteiger partial charge is 0.455 e. The lowest BCUT2D eigenvalue weighted by Gasteiger charge is -2.34. The van der Waals surface area contributed by atoms with Crippen LogP contribution in [0.5, 0.6) is 11.5 Å². The van der Waals surface area contributed by atoms with Gasteiger partial charge in [0.05, 0.1) is 29.4 Å². The summed E-state index contributed by atoms with van der Waals surface area (Å²) in [4.78, 5) is 31.4. The van der Waals surface area contributed by atoms with Gasteiger partial charge in [0.1, 0.15) is 17.1 Å². The third-order valence-corrected chi connectivity index (χ3v) is 8.86. The van der Waals surface area contributed by atoms with Crippen LogP contribution in [0.3, 0.4) is 0 Å². The number of H-pyrrole nitrogens is 1. The molecule has 1 aromatic carbocycles. The summed E-state index contributed by atoms with van der Waals surface area (Å²) in [6.07, 6.45) is -0.583. The average molecular weight is 638 g/mol. The van der Waals surface area contributed by atoms with Crippen LogP contribution in [0.15, 0.2) is 48.8 Å². The van der Waals surface area contributed by atoms with Crippen molar-refractivity contribution in [2.75, 3.05) is 44.6 Å². The maximum atomic E-state index is 14.2. The van der Waals surface area contributed by atoms with Gasteiger partial charge in [0, 0.05) is 69.3 Å². The Bertz CT molecular complexity index is 1700. The van der Waals surface area contributed by atoms with Crippen molar-refractivity contribution in [3.05, 3.63) is 76.9 Å². The van der Waals surface area contributed by atoms with Crippen molar-refractivity contribution in [3.63, 3.8) is 0 Å². The Balaban J connectivity index is 1.18. The highest BCUT2D eigenvalue weighted by atomic mass is 19.4. The third kappa shape index (κ3) is 6.81. The number of ether oxygens (including phenoxy) is 1. The number of aromatic nitrogens is 3. The van der Waals surface area contributed by atoms with Crippen molar-refractivity contribution in [1.29, 1.82) is 0 Å². The highest BCUT2D eigenvalue weighted by Crippen LogP contribution is 2.36. The fourth-order valence-electron chi connectivity index (χ4n) is 6.27. The molecule has 1 fully saturated rings. The Morgan fingerprint density at radius 2 is 1.87 bits per heavy atom. The van der Waals surface area contributed by atoms with Crippen LogP contribution in [0.2, 0.25) is 0 Å². The van der Waals surface area contributed by atoms with Gasteiger partial charge in [-0.25, -0.2) is 9.78 Å². The molecule has 244 valence electrons. The molecule has 2 amide bonds. The Labute approximate surface area is 265 Å². The van der Waals surface area contributed by atoms with Crippen molar-refractivity contribution in [2.24, 2.45) is 0 Å². The molecule has 0 unspecified atom stereocenters. The number of aliphatic hydroxyl groups is 1. The Kier molecular flexibility index (Phi) is 9.16. The molecule has 0 aliphatic carbocycles. The fraction of sp³-hybridized carbons (Fsp3) is 0.424. The number of aliphatic hydroxyl groups excluding tert-OH is 1. The van der Waals surface area contributed by atoms with Gasteiger partial charge in [-0.3, -0.25) is 9.88 Å². The smallest absolute Gasteiger partial charge is 0.416 e. The zero-order valence-corrected chi connectivity index (χ0v) is 25.9. The van der Waals surface area contributed by atoms with Gasteiger partial charge in [-0.1, -0.05) is 19.9 Å². The number of anilines is 1. The molecule has 1 atom stereocenters. The highest BCUT2D eigenvalue weighted by Gasteiger charge is 2.35. The molecule has 0 bridgehead atoms. The summed E-state index contributed by atoms with van der Waals surface area (Å²) in [5, 5.41) is 12.9. The third-order valence-electron chi connectivity index (χ3n) is 8.86. The van der Waals surface area contributed by atoms with Gasteiger partial charge in [0.15, 0.2) is 0 Å². The van der Waals surface area contributed by atoms with Gasteiger partial charge in [0.2, 0.25) is 0 Å². The number of nitrogens with zero attached hydrogens (tertiary/aromatic N) is 5. The molecule has 2 aliphatic rings. The second-order valence-electron chi connectivity index (χ2n) is 11.8. The van der Waals surface area contributed by atoms with E-state index in [1.54, 1.807) is 35.5 Å². The van der Waals surface area contributed by atoms with E-state index < -0.39 is 17.8 Å². The normalized spacial score (nSPS) is 17.7. The van der Waals surface area contributed by atoms with Gasteiger partial charge in [-0.15, -0.1) is 0 Å². The predicted octanol–water partition coefficient (Wildman–Crippen LogP) is 5.94. The number of piperazine rings is 1. The minimum Gasteiger partial charge on any atom is -0.455 e. The molecule has 0 saturated carbocycles. The lowest BCUT2D eigenvalue weighted by Crippen LogP contribution is -2.45. The average Bonchev–Trinajstić information content (AvgIpc) is 3.49. The van der Waals surface area contributed by atoms with E-state index in [2.05, 4.69) is 32.1 Å². The number of rotatable bonds is 8. The van der Waals surface area contributed by atoms with Crippen LogP contribution in [-0.4, -0.2) is 80.1 Å². The maximum absolute atomic E-state index is 14.2. The van der Waals surface area contributed by atoms with Crippen LogP contribution in [0.25, 0.3) is 11.0 Å². The van der Waals surface area contributed by atoms with E-state index >= 15 is 0 Å². The number of hydrogen-bond donors (Lipinski definition) is 3. The summed E-state index contributed by atoms with van der Waals surface area (Å²) in [5.74, 6) is 0.957. The standard InChI is InChI=1S/C33H38F3N7O3/c1-3-21-18-43(19-23-13-26(16-38-30(21)23)46-29-7-8-37-31-27(29)14-25(20-44)39-31)32(45)40-24-6-5-22(28(15-24)33(34,35)36)17-42-11-9-41(4-2)10-12-42/h5-8,13-16,21,44H,3-4,9-12,17-20H2,1-2H3,(H,37,39)(H,40,45)/t21-/m1/s1. The van der Waals surface area contributed by atoms with Crippen LogP contribution in [0.1, 0.15) is 54.3 Å². The van der Waals surface area contributed by atoms with E-state index in [0.29, 0.717) is 47.9 Å². The molecule has 3 N–H and O–H groups in total. The fourth-order valence-corrected chi connectivity index (χ4v) is 6.27. The molecule has 4 aromatic rings. The Hall–Kier alpha value is -4.20. The molecule has 10 nitrogen and oxygen atoms in total. The SMILES string of the molecule is CC[C@@H]1CN(C(=O)Nc2ccc(CN3CCN(CC)CC3)c(C(F)(F)F)c2)Cc2cc(Oc3ccnc4[nH]c(CO)cc34)cnc21. The van der Waals surface area contributed by atoms with Gasteiger partial charge in [-0.2, -0.15) is 13.2 Å². The lowest BCUT2D eigenvalue weighted by atomic mass is 9.92. The van der Waals surface area contributed by atoms with Crippen LogP contribution >= 0.6 is 0 Å². The number of carbonyl (C=O) groups excluding carboxylic acids is 1. The number of pyridine rings is 2. The molecular weight excluding hydrogens is 599 g/mol. The van der Waals surface area contributed by atoms with E-state index in [0.717, 1.165) is 43.4 Å². The number of carbonyl (C=O) groups is 1. The van der Waals surface area contributed by atoms with Gasteiger partial charge in [0.25, 0.3) is 0 Å². The lowest BCUT2D eigenvalue weighted by molar-refractivity contribution is -0.138. The van der Waals surface area contributed by atoms with Crippen molar-refractivity contribution >= 4 is 22.8 Å². The number of likely N-dealkylation sites (N-methyl/N-ethyl adjacent to an activating group) is 1. The molecule has 6 rings (SSSR count). The first-order valence-electron chi connectivity index (χ1n) is 15.6. The van der Waals surface area contributed by atoms with Crippen molar-refractivity contribution < 1.29 is 27.8 Å². The van der Waals surface area contributed by atoms with E-state index in [9.17, 15) is 23.1 Å². The topological polar surface area (TPSA) is 110 Å². The zero-order valence-electron chi connectivity index (χ0n) is 25.9. The summed E-state index contributed by atoms with van der Waals surface area (Å²) >= 11 is 0. The summed E-state index contributed by atoms with van der Waals surface area (Å²) in [5.41, 5.74) is 2.42. The van der Waals surface area contributed by atoms with Gasteiger partial charge >= 0.3 is 12.2 Å². The number of amides is 2. The summed E-state index contributed by atoms with van der Waals surface area (Å²) in [7, 11) is 0. The van der Waals surface area contributed by atoms with E-state index in [-0.39, 0.29) is 36.9 Å². The van der Waals surface area contributed by atoms with Crippen molar-refractivity contribution in [3.8, 4) is 11.5 Å². The molecule has 0 spiro atoms. The quantitative estimate of drug-likeness (QED) is 0.219. The first-order chi connectivity index (χ1) is 22.1. The molecule has 1 saturated heterocycles. The first-order valence-corrected chi connectivity index (χ1v) is 15.6. The number of halogens is 3. The molecule has 46 heavy (non-hydrogen) atoms. The second kappa shape index (κ2) is 13.3. The number of alkyl halides is 3. The summed E-state index contributed by atoms with van der Waals surface area (Å²) in [6, 6.07) is 8.91.